The lowest BCUT2D eigenvalue weighted by Gasteiger charge is -2.21. The Hall–Kier alpha value is -1.38. The molecule has 0 aromatic heterocycles. The Morgan fingerprint density at radius 3 is 2.56 bits per heavy atom. The molecule has 0 radical (unpaired) electrons. The van der Waals surface area contributed by atoms with Gasteiger partial charge in [-0.2, -0.15) is 0 Å². The average Bonchev–Trinajstić information content (AvgIpc) is 2.22. The van der Waals surface area contributed by atoms with Crippen LogP contribution in [-0.2, 0) is 16.0 Å². The fourth-order valence-electron chi connectivity index (χ4n) is 1.68. The fraction of sp³-hybridized carbons (Fsp3) is 0.462. The minimum absolute atomic E-state index is 0.223. The van der Waals surface area contributed by atoms with Gasteiger partial charge in [-0.15, -0.1) is 0 Å². The predicted octanol–water partition coefficient (Wildman–Crippen LogP) is 2.88. The summed E-state index contributed by atoms with van der Waals surface area (Å²) in [5.74, 6) is -0.478. The van der Waals surface area contributed by atoms with E-state index in [0.29, 0.717) is 12.0 Å². The van der Waals surface area contributed by atoms with E-state index in [1.54, 1.807) is 19.1 Å². The molecule has 0 saturated heterocycles. The molecule has 0 spiro atoms. The van der Waals surface area contributed by atoms with Gasteiger partial charge in [-0.1, -0.05) is 12.1 Å². The second-order valence-corrected chi connectivity index (χ2v) is 4.64. The molecule has 0 heterocycles. The summed E-state index contributed by atoms with van der Waals surface area (Å²) in [7, 11) is 1.37. The second kappa shape index (κ2) is 4.64. The van der Waals surface area contributed by atoms with Gasteiger partial charge in [0.25, 0.3) is 0 Å². The van der Waals surface area contributed by atoms with E-state index in [4.69, 9.17) is 4.74 Å². The van der Waals surface area contributed by atoms with E-state index < -0.39 is 5.41 Å². The largest absolute Gasteiger partial charge is 0.469 e. The molecule has 0 aliphatic heterocycles. The van der Waals surface area contributed by atoms with E-state index in [1.165, 1.54) is 13.2 Å². The van der Waals surface area contributed by atoms with Crippen LogP contribution in [0.25, 0.3) is 0 Å². The van der Waals surface area contributed by atoms with Crippen molar-refractivity contribution in [2.45, 2.75) is 27.2 Å². The van der Waals surface area contributed by atoms with Crippen LogP contribution in [0, 0.1) is 18.2 Å². The summed E-state index contributed by atoms with van der Waals surface area (Å²) in [6.45, 7) is 5.35. The summed E-state index contributed by atoms with van der Waals surface area (Å²) in [5.41, 5.74) is 0.950. The molecule has 0 saturated carbocycles. The molecule has 0 fully saturated rings. The van der Waals surface area contributed by atoms with Crippen LogP contribution in [0.3, 0.4) is 0 Å². The Morgan fingerprint density at radius 1 is 1.44 bits per heavy atom. The van der Waals surface area contributed by atoms with Crippen molar-refractivity contribution < 1.29 is 13.9 Å². The summed E-state index contributed by atoms with van der Waals surface area (Å²) < 4.78 is 17.8. The molecule has 0 aliphatic rings. The highest BCUT2D eigenvalue weighted by atomic mass is 19.1. The molecule has 0 atom stereocenters. The monoisotopic (exact) mass is 224 g/mol. The molecule has 0 aliphatic carbocycles. The third-order valence-electron chi connectivity index (χ3n) is 2.61. The first-order valence-electron chi connectivity index (χ1n) is 5.20. The average molecular weight is 224 g/mol. The van der Waals surface area contributed by atoms with Crippen molar-refractivity contribution in [1.82, 2.24) is 0 Å². The fourth-order valence-corrected chi connectivity index (χ4v) is 1.68. The quantitative estimate of drug-likeness (QED) is 0.738. The third-order valence-corrected chi connectivity index (χ3v) is 2.61. The number of esters is 1. The standard InChI is InChI=1S/C13H17FO2/c1-9-7-10(5-6-11(9)14)8-13(2,3)12(15)16-4/h5-7H,8H2,1-4H3. The summed E-state index contributed by atoms with van der Waals surface area (Å²) in [6.07, 6.45) is 0.542. The molecule has 0 unspecified atom stereocenters. The first-order chi connectivity index (χ1) is 7.36. The van der Waals surface area contributed by atoms with Crippen molar-refractivity contribution in [3.05, 3.63) is 35.1 Å². The second-order valence-electron chi connectivity index (χ2n) is 4.64. The van der Waals surface area contributed by atoms with Gasteiger partial charge in [0.15, 0.2) is 0 Å². The Balaban J connectivity index is 2.88. The normalized spacial score (nSPS) is 11.3. The lowest BCUT2D eigenvalue weighted by atomic mass is 9.85. The number of rotatable bonds is 3. The molecule has 16 heavy (non-hydrogen) atoms. The van der Waals surface area contributed by atoms with Gasteiger partial charge in [0, 0.05) is 0 Å². The number of halogens is 1. The Morgan fingerprint density at radius 2 is 2.06 bits per heavy atom. The molecule has 3 heteroatoms. The van der Waals surface area contributed by atoms with Crippen molar-refractivity contribution >= 4 is 5.97 Å². The van der Waals surface area contributed by atoms with E-state index in [9.17, 15) is 9.18 Å². The van der Waals surface area contributed by atoms with E-state index >= 15 is 0 Å². The first kappa shape index (κ1) is 12.7. The molecular formula is C13H17FO2. The maximum absolute atomic E-state index is 13.1. The van der Waals surface area contributed by atoms with E-state index in [-0.39, 0.29) is 11.8 Å². The number of hydrogen-bond acceptors (Lipinski definition) is 2. The zero-order valence-electron chi connectivity index (χ0n) is 10.1. The SMILES string of the molecule is COC(=O)C(C)(C)Cc1ccc(F)c(C)c1. The minimum Gasteiger partial charge on any atom is -0.469 e. The van der Waals surface area contributed by atoms with Gasteiger partial charge in [-0.25, -0.2) is 4.39 Å². The predicted molar refractivity (Wildman–Crippen MR) is 60.6 cm³/mol. The lowest BCUT2D eigenvalue weighted by Crippen LogP contribution is -2.28. The number of aryl methyl sites for hydroxylation is 1. The third kappa shape index (κ3) is 2.81. The number of methoxy groups -OCH3 is 1. The van der Waals surface area contributed by atoms with Crippen molar-refractivity contribution in [2.24, 2.45) is 5.41 Å². The molecule has 0 N–H and O–H groups in total. The molecule has 2 nitrogen and oxygen atoms in total. The van der Waals surface area contributed by atoms with Gasteiger partial charge in [0.05, 0.1) is 12.5 Å². The van der Waals surface area contributed by atoms with E-state index in [0.717, 1.165) is 5.56 Å². The molecule has 0 bridgehead atoms. The van der Waals surface area contributed by atoms with Crippen LogP contribution in [0.2, 0.25) is 0 Å². The first-order valence-corrected chi connectivity index (χ1v) is 5.20. The Bertz CT molecular complexity index is 397. The van der Waals surface area contributed by atoms with Crippen LogP contribution in [0.4, 0.5) is 4.39 Å². The molecule has 1 rings (SSSR count). The number of carbonyl (C=O) groups excluding carboxylic acids is 1. The highest BCUT2D eigenvalue weighted by molar-refractivity contribution is 5.76. The number of hydrogen-bond donors (Lipinski definition) is 0. The van der Waals surface area contributed by atoms with Crippen LogP contribution in [0.1, 0.15) is 25.0 Å². The zero-order valence-corrected chi connectivity index (χ0v) is 10.1. The zero-order chi connectivity index (χ0) is 12.3. The van der Waals surface area contributed by atoms with Gasteiger partial charge < -0.3 is 4.74 Å². The van der Waals surface area contributed by atoms with Crippen molar-refractivity contribution in [3.8, 4) is 0 Å². The van der Waals surface area contributed by atoms with E-state index in [2.05, 4.69) is 0 Å². The van der Waals surface area contributed by atoms with Gasteiger partial charge in [-0.05, 0) is 44.4 Å². The van der Waals surface area contributed by atoms with Crippen LogP contribution in [0.5, 0.6) is 0 Å². The molecule has 88 valence electrons. The van der Waals surface area contributed by atoms with Crippen molar-refractivity contribution in [1.29, 1.82) is 0 Å². The van der Waals surface area contributed by atoms with Crippen molar-refractivity contribution in [3.63, 3.8) is 0 Å². The topological polar surface area (TPSA) is 26.3 Å². The van der Waals surface area contributed by atoms with Crippen LogP contribution < -0.4 is 0 Å². The number of ether oxygens (including phenoxy) is 1. The summed E-state index contributed by atoms with van der Waals surface area (Å²) in [4.78, 5) is 11.5. The highest BCUT2D eigenvalue weighted by Gasteiger charge is 2.28. The summed E-state index contributed by atoms with van der Waals surface area (Å²) in [5, 5.41) is 0. The number of carbonyl (C=O) groups is 1. The molecular weight excluding hydrogens is 207 g/mol. The molecule has 0 amide bonds. The van der Waals surface area contributed by atoms with Gasteiger partial charge in [-0.3, -0.25) is 4.79 Å². The summed E-state index contributed by atoms with van der Waals surface area (Å²) >= 11 is 0. The molecule has 1 aromatic rings. The Kier molecular flexibility index (Phi) is 3.68. The maximum atomic E-state index is 13.1. The van der Waals surface area contributed by atoms with E-state index in [1.807, 2.05) is 13.8 Å². The van der Waals surface area contributed by atoms with Gasteiger partial charge in [0.1, 0.15) is 5.82 Å². The van der Waals surface area contributed by atoms with Crippen LogP contribution in [0.15, 0.2) is 18.2 Å². The van der Waals surface area contributed by atoms with Gasteiger partial charge in [0.2, 0.25) is 0 Å². The lowest BCUT2D eigenvalue weighted by molar-refractivity contribution is -0.150. The minimum atomic E-state index is -0.584. The molecule has 1 aromatic carbocycles. The summed E-state index contributed by atoms with van der Waals surface area (Å²) in [6, 6.07) is 4.89. The smallest absolute Gasteiger partial charge is 0.311 e. The van der Waals surface area contributed by atoms with Crippen LogP contribution in [-0.4, -0.2) is 13.1 Å². The Labute approximate surface area is 95.4 Å². The van der Waals surface area contributed by atoms with Crippen molar-refractivity contribution in [2.75, 3.05) is 7.11 Å². The van der Waals surface area contributed by atoms with Gasteiger partial charge >= 0.3 is 5.97 Å². The highest BCUT2D eigenvalue weighted by Crippen LogP contribution is 2.24. The number of benzene rings is 1. The maximum Gasteiger partial charge on any atom is 0.311 e. The van der Waals surface area contributed by atoms with Crippen LogP contribution >= 0.6 is 0 Å².